The lowest BCUT2D eigenvalue weighted by Crippen LogP contribution is -2.34. The number of carbonyl (C=O) groups excluding carboxylic acids is 1. The van der Waals surface area contributed by atoms with Crippen molar-refractivity contribution < 1.29 is 13.7 Å². The van der Waals surface area contributed by atoms with Crippen molar-refractivity contribution in [3.8, 4) is 11.4 Å². The van der Waals surface area contributed by atoms with E-state index in [4.69, 9.17) is 4.52 Å². The van der Waals surface area contributed by atoms with Gasteiger partial charge in [0.15, 0.2) is 0 Å². The second-order valence-corrected chi connectivity index (χ2v) is 6.11. The van der Waals surface area contributed by atoms with E-state index in [0.29, 0.717) is 23.9 Å². The minimum absolute atomic E-state index is 0.284. The second kappa shape index (κ2) is 6.95. The molecule has 0 spiro atoms. The highest BCUT2D eigenvalue weighted by Crippen LogP contribution is 2.32. The highest BCUT2D eigenvalue weighted by Gasteiger charge is 2.34. The number of nitrogens with zero attached hydrogens (tertiary/aromatic N) is 3. The summed E-state index contributed by atoms with van der Waals surface area (Å²) < 4.78 is 18.7. The molecule has 0 saturated carbocycles. The molecule has 26 heavy (non-hydrogen) atoms. The molecule has 3 aromatic rings. The van der Waals surface area contributed by atoms with Crippen molar-refractivity contribution in [2.75, 3.05) is 11.9 Å². The van der Waals surface area contributed by atoms with Crippen molar-refractivity contribution in [1.29, 1.82) is 0 Å². The first-order valence-corrected chi connectivity index (χ1v) is 8.43. The maximum Gasteiger partial charge on any atom is 0.322 e. The van der Waals surface area contributed by atoms with Crippen LogP contribution in [0.1, 0.15) is 24.8 Å². The zero-order chi connectivity index (χ0) is 17.9. The standard InChI is InChI=1S/C19H17FN4O2/c20-14-8-4-9-15(12-14)21-19(25)24-11-5-10-16(24)18-22-17(23-26-18)13-6-2-1-3-7-13/h1-4,6-9,12,16H,5,10-11H2,(H,21,25)/t16-/m1/s1. The molecule has 6 nitrogen and oxygen atoms in total. The summed E-state index contributed by atoms with van der Waals surface area (Å²) in [5.74, 6) is 0.513. The quantitative estimate of drug-likeness (QED) is 0.765. The third-order valence-electron chi connectivity index (χ3n) is 4.35. The number of benzene rings is 2. The van der Waals surface area contributed by atoms with E-state index in [-0.39, 0.29) is 12.1 Å². The molecule has 7 heteroatoms. The Labute approximate surface area is 149 Å². The molecule has 0 bridgehead atoms. The van der Waals surface area contributed by atoms with Gasteiger partial charge in [0.25, 0.3) is 0 Å². The molecule has 0 aliphatic carbocycles. The first-order valence-electron chi connectivity index (χ1n) is 8.43. The Balaban J connectivity index is 1.51. The third-order valence-corrected chi connectivity index (χ3v) is 4.35. The highest BCUT2D eigenvalue weighted by molar-refractivity contribution is 5.89. The molecule has 2 aromatic carbocycles. The fourth-order valence-electron chi connectivity index (χ4n) is 3.10. The van der Waals surface area contributed by atoms with Crippen molar-refractivity contribution in [3.63, 3.8) is 0 Å². The number of amides is 2. The van der Waals surface area contributed by atoms with Gasteiger partial charge in [-0.05, 0) is 31.0 Å². The number of urea groups is 1. The molecule has 1 aliphatic rings. The van der Waals surface area contributed by atoms with E-state index in [9.17, 15) is 9.18 Å². The van der Waals surface area contributed by atoms with Crippen molar-refractivity contribution in [2.45, 2.75) is 18.9 Å². The Morgan fingerprint density at radius 1 is 1.19 bits per heavy atom. The summed E-state index contributed by atoms with van der Waals surface area (Å²) in [7, 11) is 0. The molecule has 2 heterocycles. The van der Waals surface area contributed by atoms with Gasteiger partial charge in [-0.3, -0.25) is 0 Å². The Kier molecular flexibility index (Phi) is 4.35. The fraction of sp³-hybridized carbons (Fsp3) is 0.211. The van der Waals surface area contributed by atoms with Crippen LogP contribution in [0.15, 0.2) is 59.1 Å². The third kappa shape index (κ3) is 3.28. The van der Waals surface area contributed by atoms with Gasteiger partial charge < -0.3 is 14.7 Å². The van der Waals surface area contributed by atoms with E-state index >= 15 is 0 Å². The summed E-state index contributed by atoms with van der Waals surface area (Å²) in [6, 6.07) is 14.7. The lowest BCUT2D eigenvalue weighted by atomic mass is 10.2. The average Bonchev–Trinajstić information content (AvgIpc) is 3.32. The minimum Gasteiger partial charge on any atom is -0.337 e. The van der Waals surface area contributed by atoms with Crippen LogP contribution in [0.4, 0.5) is 14.9 Å². The molecule has 1 aliphatic heterocycles. The summed E-state index contributed by atoms with van der Waals surface area (Å²) in [6.07, 6.45) is 1.58. The molecule has 4 rings (SSSR count). The molecular formula is C19H17FN4O2. The Bertz CT molecular complexity index is 913. The van der Waals surface area contributed by atoms with Crippen molar-refractivity contribution in [3.05, 3.63) is 66.3 Å². The number of rotatable bonds is 3. The number of aromatic nitrogens is 2. The van der Waals surface area contributed by atoms with E-state index in [0.717, 1.165) is 18.4 Å². The molecule has 1 fully saturated rings. The monoisotopic (exact) mass is 352 g/mol. The zero-order valence-corrected chi connectivity index (χ0v) is 13.9. The maximum absolute atomic E-state index is 13.3. The number of halogens is 1. The number of nitrogens with one attached hydrogen (secondary N) is 1. The van der Waals surface area contributed by atoms with E-state index in [1.165, 1.54) is 12.1 Å². The van der Waals surface area contributed by atoms with Crippen LogP contribution in [0.2, 0.25) is 0 Å². The van der Waals surface area contributed by atoms with Gasteiger partial charge in [0, 0.05) is 17.8 Å². The number of likely N-dealkylation sites (tertiary alicyclic amines) is 1. The number of carbonyl (C=O) groups is 1. The van der Waals surface area contributed by atoms with Crippen LogP contribution in [0.3, 0.4) is 0 Å². The number of anilines is 1. The summed E-state index contributed by atoms with van der Waals surface area (Å²) >= 11 is 0. The van der Waals surface area contributed by atoms with Crippen LogP contribution in [0, 0.1) is 5.82 Å². The van der Waals surface area contributed by atoms with Crippen LogP contribution in [0.25, 0.3) is 11.4 Å². The predicted octanol–water partition coefficient (Wildman–Crippen LogP) is 4.24. The minimum atomic E-state index is -0.398. The van der Waals surface area contributed by atoms with Crippen LogP contribution in [-0.2, 0) is 0 Å². The Morgan fingerprint density at radius 3 is 2.85 bits per heavy atom. The molecule has 1 N–H and O–H groups in total. The summed E-state index contributed by atoms with van der Waals surface area (Å²) in [4.78, 5) is 18.7. The largest absolute Gasteiger partial charge is 0.337 e. The van der Waals surface area contributed by atoms with Gasteiger partial charge in [0.1, 0.15) is 11.9 Å². The molecule has 0 radical (unpaired) electrons. The SMILES string of the molecule is O=C(Nc1cccc(F)c1)N1CCC[C@@H]1c1nc(-c2ccccc2)no1. The van der Waals surface area contributed by atoms with E-state index in [1.807, 2.05) is 30.3 Å². The Hall–Kier alpha value is -3.22. The molecule has 132 valence electrons. The van der Waals surface area contributed by atoms with Gasteiger partial charge in [-0.1, -0.05) is 41.6 Å². The lowest BCUT2D eigenvalue weighted by molar-refractivity contribution is 0.193. The number of hydrogen-bond acceptors (Lipinski definition) is 4. The van der Waals surface area contributed by atoms with Crippen LogP contribution in [0.5, 0.6) is 0 Å². The predicted molar refractivity (Wildman–Crippen MR) is 93.8 cm³/mol. The molecule has 1 saturated heterocycles. The molecule has 2 amide bonds. The van der Waals surface area contributed by atoms with Crippen molar-refractivity contribution >= 4 is 11.7 Å². The van der Waals surface area contributed by atoms with Gasteiger partial charge >= 0.3 is 6.03 Å². The fourth-order valence-corrected chi connectivity index (χ4v) is 3.10. The second-order valence-electron chi connectivity index (χ2n) is 6.11. The van der Waals surface area contributed by atoms with E-state index in [1.54, 1.807) is 17.0 Å². The molecule has 1 atom stereocenters. The zero-order valence-electron chi connectivity index (χ0n) is 13.9. The van der Waals surface area contributed by atoms with Gasteiger partial charge in [-0.25, -0.2) is 9.18 Å². The van der Waals surface area contributed by atoms with Gasteiger partial charge in [-0.2, -0.15) is 4.98 Å². The van der Waals surface area contributed by atoms with Crippen molar-refractivity contribution in [1.82, 2.24) is 15.0 Å². The summed E-state index contributed by atoms with van der Waals surface area (Å²) in [5, 5.41) is 6.75. The average molecular weight is 352 g/mol. The van der Waals surface area contributed by atoms with Crippen LogP contribution >= 0.6 is 0 Å². The van der Waals surface area contributed by atoms with Gasteiger partial charge in [-0.15, -0.1) is 0 Å². The molecule has 1 aromatic heterocycles. The number of hydrogen-bond donors (Lipinski definition) is 1. The van der Waals surface area contributed by atoms with Crippen LogP contribution < -0.4 is 5.32 Å². The smallest absolute Gasteiger partial charge is 0.322 e. The summed E-state index contributed by atoms with van der Waals surface area (Å²) in [5.41, 5.74) is 1.27. The molecular weight excluding hydrogens is 335 g/mol. The van der Waals surface area contributed by atoms with Gasteiger partial charge in [0.2, 0.25) is 11.7 Å². The first kappa shape index (κ1) is 16.3. The lowest BCUT2D eigenvalue weighted by Gasteiger charge is -2.22. The van der Waals surface area contributed by atoms with Crippen LogP contribution in [-0.4, -0.2) is 27.6 Å². The first-order chi connectivity index (χ1) is 12.7. The van der Waals surface area contributed by atoms with Gasteiger partial charge in [0.05, 0.1) is 0 Å². The van der Waals surface area contributed by atoms with Crippen molar-refractivity contribution in [2.24, 2.45) is 0 Å². The van der Waals surface area contributed by atoms with E-state index < -0.39 is 5.82 Å². The molecule has 0 unspecified atom stereocenters. The van der Waals surface area contributed by atoms with E-state index in [2.05, 4.69) is 15.5 Å². The highest BCUT2D eigenvalue weighted by atomic mass is 19.1. The normalized spacial score (nSPS) is 16.7. The maximum atomic E-state index is 13.3. The summed E-state index contributed by atoms with van der Waals surface area (Å²) in [6.45, 7) is 0.578. The Morgan fingerprint density at radius 2 is 2.04 bits per heavy atom. The topological polar surface area (TPSA) is 71.3 Å².